The second kappa shape index (κ2) is 8.66. The number of pyridine rings is 2. The highest BCUT2D eigenvalue weighted by atomic mass is 32.2. The molecule has 3 heterocycles. The number of benzene rings is 2. The molecule has 1 fully saturated rings. The van der Waals surface area contributed by atoms with E-state index in [1.54, 1.807) is 30.7 Å². The molecule has 8 heteroatoms. The van der Waals surface area contributed by atoms with Crippen LogP contribution in [-0.4, -0.2) is 49.0 Å². The van der Waals surface area contributed by atoms with Crippen LogP contribution in [0.4, 0.5) is 11.4 Å². The number of anilines is 2. The Balaban J connectivity index is 1.46. The maximum Gasteiger partial charge on any atom is 0.243 e. The summed E-state index contributed by atoms with van der Waals surface area (Å²) < 4.78 is 32.5. The number of ether oxygens (including phenoxy) is 1. The molecule has 0 aliphatic carbocycles. The van der Waals surface area contributed by atoms with Gasteiger partial charge in [-0.15, -0.1) is 0 Å². The van der Waals surface area contributed by atoms with E-state index in [-0.39, 0.29) is 0 Å². The molecular formula is C24H22N4O3S. The first-order valence-corrected chi connectivity index (χ1v) is 11.8. The van der Waals surface area contributed by atoms with E-state index in [1.165, 1.54) is 4.31 Å². The van der Waals surface area contributed by atoms with Crippen molar-refractivity contribution in [3.05, 3.63) is 79.3 Å². The van der Waals surface area contributed by atoms with Crippen molar-refractivity contribution in [3.63, 3.8) is 0 Å². The lowest BCUT2D eigenvalue weighted by atomic mass is 10.0. The third-order valence-corrected chi connectivity index (χ3v) is 7.41. The molecule has 0 bridgehead atoms. The number of morpholine rings is 1. The molecule has 0 spiro atoms. The predicted molar refractivity (Wildman–Crippen MR) is 124 cm³/mol. The number of hydrogen-bond acceptors (Lipinski definition) is 6. The van der Waals surface area contributed by atoms with Crippen LogP contribution in [0.25, 0.3) is 22.0 Å². The second-order valence-corrected chi connectivity index (χ2v) is 9.43. The number of aromatic nitrogens is 2. The molecule has 1 aliphatic heterocycles. The lowest BCUT2D eigenvalue weighted by Gasteiger charge is -2.26. The summed E-state index contributed by atoms with van der Waals surface area (Å²) in [6.45, 7) is 1.63. The Bertz CT molecular complexity index is 1340. The Labute approximate surface area is 186 Å². The van der Waals surface area contributed by atoms with Crippen LogP contribution in [0.3, 0.4) is 0 Å². The second-order valence-electron chi connectivity index (χ2n) is 7.49. The molecule has 5 rings (SSSR count). The molecule has 1 saturated heterocycles. The van der Waals surface area contributed by atoms with Gasteiger partial charge < -0.3 is 10.1 Å². The van der Waals surface area contributed by atoms with Crippen molar-refractivity contribution >= 4 is 32.3 Å². The van der Waals surface area contributed by atoms with Crippen molar-refractivity contribution in [2.75, 3.05) is 31.6 Å². The summed E-state index contributed by atoms with van der Waals surface area (Å²) in [6.07, 6.45) is 5.25. The highest BCUT2D eigenvalue weighted by Gasteiger charge is 2.26. The van der Waals surface area contributed by atoms with Gasteiger partial charge in [0, 0.05) is 48.4 Å². The Morgan fingerprint density at radius 1 is 0.844 bits per heavy atom. The van der Waals surface area contributed by atoms with Gasteiger partial charge in [0.25, 0.3) is 0 Å². The average molecular weight is 447 g/mol. The van der Waals surface area contributed by atoms with Crippen LogP contribution in [0, 0.1) is 0 Å². The fourth-order valence-electron chi connectivity index (χ4n) is 3.78. The van der Waals surface area contributed by atoms with Gasteiger partial charge in [-0.25, -0.2) is 8.42 Å². The third kappa shape index (κ3) is 4.08. The first-order chi connectivity index (χ1) is 15.6. The lowest BCUT2D eigenvalue weighted by molar-refractivity contribution is 0.0730. The van der Waals surface area contributed by atoms with E-state index in [0.717, 1.165) is 33.4 Å². The molecule has 2 aromatic heterocycles. The van der Waals surface area contributed by atoms with Crippen molar-refractivity contribution in [2.45, 2.75) is 4.90 Å². The summed E-state index contributed by atoms with van der Waals surface area (Å²) in [5, 5.41) is 4.39. The van der Waals surface area contributed by atoms with Crippen LogP contribution in [-0.2, 0) is 14.8 Å². The number of fused-ring (bicyclic) bond motifs is 1. The fourth-order valence-corrected chi connectivity index (χ4v) is 5.19. The average Bonchev–Trinajstić information content (AvgIpc) is 2.85. The molecular weight excluding hydrogens is 424 g/mol. The van der Waals surface area contributed by atoms with Gasteiger partial charge in [0.2, 0.25) is 10.0 Å². The maximum absolute atomic E-state index is 12.9. The van der Waals surface area contributed by atoms with Crippen LogP contribution in [0.1, 0.15) is 0 Å². The van der Waals surface area contributed by atoms with Gasteiger partial charge >= 0.3 is 0 Å². The molecule has 0 radical (unpaired) electrons. The number of hydrogen-bond donors (Lipinski definition) is 1. The van der Waals surface area contributed by atoms with Crippen molar-refractivity contribution in [1.29, 1.82) is 0 Å². The molecule has 32 heavy (non-hydrogen) atoms. The fraction of sp³-hybridized carbons (Fsp3) is 0.167. The molecule has 2 aromatic carbocycles. The summed E-state index contributed by atoms with van der Waals surface area (Å²) in [5.41, 5.74) is 4.68. The zero-order valence-electron chi connectivity index (χ0n) is 17.3. The van der Waals surface area contributed by atoms with Gasteiger partial charge in [0.15, 0.2) is 0 Å². The van der Waals surface area contributed by atoms with E-state index >= 15 is 0 Å². The number of nitrogens with one attached hydrogen (secondary N) is 1. The molecule has 0 unspecified atom stereocenters. The van der Waals surface area contributed by atoms with Gasteiger partial charge in [0.05, 0.1) is 23.6 Å². The van der Waals surface area contributed by atoms with E-state index in [1.807, 2.05) is 42.5 Å². The molecule has 0 atom stereocenters. The van der Waals surface area contributed by atoms with Crippen molar-refractivity contribution in [1.82, 2.24) is 14.3 Å². The van der Waals surface area contributed by atoms with Crippen LogP contribution in [0.2, 0.25) is 0 Å². The Hall–Kier alpha value is -3.33. The first kappa shape index (κ1) is 20.6. The summed E-state index contributed by atoms with van der Waals surface area (Å²) in [7, 11) is -3.51. The minimum Gasteiger partial charge on any atom is -0.379 e. The third-order valence-electron chi connectivity index (χ3n) is 5.50. The van der Waals surface area contributed by atoms with Gasteiger partial charge in [-0.1, -0.05) is 18.2 Å². The normalized spacial score (nSPS) is 15.0. The van der Waals surface area contributed by atoms with Crippen LogP contribution in [0.5, 0.6) is 0 Å². The summed E-state index contributed by atoms with van der Waals surface area (Å²) >= 11 is 0. The molecule has 0 amide bonds. The molecule has 1 N–H and O–H groups in total. The monoisotopic (exact) mass is 446 g/mol. The van der Waals surface area contributed by atoms with Crippen LogP contribution < -0.4 is 5.32 Å². The summed E-state index contributed by atoms with van der Waals surface area (Å²) in [4.78, 5) is 8.82. The Morgan fingerprint density at radius 3 is 2.31 bits per heavy atom. The van der Waals surface area contributed by atoms with E-state index in [2.05, 4.69) is 21.4 Å². The van der Waals surface area contributed by atoms with Gasteiger partial charge in [0.1, 0.15) is 0 Å². The minimum absolute atomic E-state index is 0.297. The highest BCUT2D eigenvalue weighted by Crippen LogP contribution is 2.30. The van der Waals surface area contributed by atoms with Crippen LogP contribution >= 0.6 is 0 Å². The minimum atomic E-state index is -3.51. The summed E-state index contributed by atoms with van der Waals surface area (Å²) in [6, 6.07) is 18.8. The Morgan fingerprint density at radius 2 is 1.56 bits per heavy atom. The maximum atomic E-state index is 12.9. The van der Waals surface area contributed by atoms with Gasteiger partial charge in [-0.05, 0) is 53.6 Å². The van der Waals surface area contributed by atoms with Gasteiger partial charge in [-0.3, -0.25) is 9.97 Å². The largest absolute Gasteiger partial charge is 0.379 e. The topological polar surface area (TPSA) is 84.4 Å². The predicted octanol–water partition coefficient (Wildman–Crippen LogP) is 4.06. The molecule has 4 aromatic rings. The van der Waals surface area contributed by atoms with Crippen LogP contribution in [0.15, 0.2) is 84.1 Å². The number of nitrogens with zero attached hydrogens (tertiary/aromatic N) is 3. The summed E-state index contributed by atoms with van der Waals surface area (Å²) in [5.74, 6) is 0. The van der Waals surface area contributed by atoms with E-state index in [9.17, 15) is 8.42 Å². The van der Waals surface area contributed by atoms with Crippen molar-refractivity contribution < 1.29 is 13.2 Å². The quantitative estimate of drug-likeness (QED) is 0.498. The molecule has 0 saturated carbocycles. The lowest BCUT2D eigenvalue weighted by Crippen LogP contribution is -2.40. The SMILES string of the molecule is O=S(=O)(c1ccc(-c2ccc3nccc(Nc4ccncc4)c3c2)cc1)N1CCOCC1. The molecule has 7 nitrogen and oxygen atoms in total. The zero-order valence-corrected chi connectivity index (χ0v) is 18.1. The van der Waals surface area contributed by atoms with E-state index < -0.39 is 10.0 Å². The highest BCUT2D eigenvalue weighted by molar-refractivity contribution is 7.89. The van der Waals surface area contributed by atoms with E-state index in [0.29, 0.717) is 31.2 Å². The van der Waals surface area contributed by atoms with Crippen molar-refractivity contribution in [2.24, 2.45) is 0 Å². The van der Waals surface area contributed by atoms with E-state index in [4.69, 9.17) is 4.74 Å². The molecule has 1 aliphatic rings. The standard InChI is InChI=1S/C24H22N4O3S/c29-32(30,28-13-15-31-16-14-28)21-4-1-18(2-5-21)19-3-6-23-22(17-19)24(9-12-26-23)27-20-7-10-25-11-8-20/h1-12,17H,13-16H2,(H,25,26,27). The Kier molecular flexibility index (Phi) is 5.57. The zero-order chi connectivity index (χ0) is 22.0. The van der Waals surface area contributed by atoms with Crippen molar-refractivity contribution in [3.8, 4) is 11.1 Å². The smallest absolute Gasteiger partial charge is 0.243 e. The van der Waals surface area contributed by atoms with Gasteiger partial charge in [-0.2, -0.15) is 4.31 Å². The molecule has 162 valence electrons. The number of sulfonamides is 1. The number of rotatable bonds is 5. The first-order valence-electron chi connectivity index (χ1n) is 10.4.